The van der Waals surface area contributed by atoms with Gasteiger partial charge in [-0.15, -0.1) is 0 Å². The van der Waals surface area contributed by atoms with Crippen LogP contribution < -0.4 is 0 Å². The summed E-state index contributed by atoms with van der Waals surface area (Å²) in [6.45, 7) is 14.5. The van der Waals surface area contributed by atoms with Gasteiger partial charge in [0.1, 0.15) is 0 Å². The van der Waals surface area contributed by atoms with Crippen LogP contribution in [-0.2, 0) is 0 Å². The highest BCUT2D eigenvalue weighted by Gasteiger charge is 2.23. The van der Waals surface area contributed by atoms with Crippen molar-refractivity contribution in [3.8, 4) is 0 Å². The van der Waals surface area contributed by atoms with Gasteiger partial charge in [0, 0.05) is 5.41 Å². The quantitative estimate of drug-likeness (QED) is 0.565. The van der Waals surface area contributed by atoms with E-state index in [1.165, 1.54) is 11.1 Å². The Kier molecular flexibility index (Phi) is 5.22. The fraction of sp³-hybridized carbons (Fsp3) is 0.429. The zero-order valence-corrected chi connectivity index (χ0v) is 10.1. The van der Waals surface area contributed by atoms with Crippen LogP contribution in [0.1, 0.15) is 34.6 Å². The van der Waals surface area contributed by atoms with E-state index in [-0.39, 0.29) is 5.41 Å². The maximum atomic E-state index is 3.86. The largest absolute Gasteiger partial charge is 0.0988 e. The molecule has 78 valence electrons. The summed E-state index contributed by atoms with van der Waals surface area (Å²) in [6.07, 6.45) is 10.5. The van der Waals surface area contributed by atoms with Crippen molar-refractivity contribution < 1.29 is 0 Å². The molecule has 0 spiro atoms. The number of hydrogen-bond acceptors (Lipinski definition) is 0. The predicted octanol–water partition coefficient (Wildman–Crippen LogP) is 4.67. The standard InChI is InChI=1S/C14H22/c1-7-11-13(10-4)14(5,6)12(8-2)9-3/h7-11H,2H2,1,3-6H3/b11-7-,12-9+,13-10+. The van der Waals surface area contributed by atoms with Gasteiger partial charge in [0.2, 0.25) is 0 Å². The summed E-state index contributed by atoms with van der Waals surface area (Å²) in [7, 11) is 0. The second kappa shape index (κ2) is 5.64. The zero-order valence-electron chi connectivity index (χ0n) is 10.1. The van der Waals surface area contributed by atoms with Crippen molar-refractivity contribution in [1.29, 1.82) is 0 Å². The molecule has 0 heterocycles. The highest BCUT2D eigenvalue weighted by Crippen LogP contribution is 2.35. The van der Waals surface area contributed by atoms with Crippen LogP contribution in [0.3, 0.4) is 0 Å². The Morgan fingerprint density at radius 2 is 1.50 bits per heavy atom. The maximum Gasteiger partial charge on any atom is 0.0139 e. The van der Waals surface area contributed by atoms with Gasteiger partial charge in [-0.2, -0.15) is 0 Å². The summed E-state index contributed by atoms with van der Waals surface area (Å²) in [5, 5.41) is 0. The molecule has 14 heavy (non-hydrogen) atoms. The summed E-state index contributed by atoms with van der Waals surface area (Å²) < 4.78 is 0. The second-order valence-electron chi connectivity index (χ2n) is 3.82. The molecular weight excluding hydrogens is 168 g/mol. The average Bonchev–Trinajstić information content (AvgIpc) is 2.15. The number of allylic oxidation sites excluding steroid dienone is 7. The van der Waals surface area contributed by atoms with Gasteiger partial charge in [0.05, 0.1) is 0 Å². The first-order chi connectivity index (χ1) is 6.54. The SMILES string of the molecule is C=C/C(=C\C)C(C)(C)C(/C=C\C)=C/C. The van der Waals surface area contributed by atoms with Crippen molar-refractivity contribution in [3.05, 3.63) is 48.1 Å². The topological polar surface area (TPSA) is 0 Å². The first-order valence-electron chi connectivity index (χ1n) is 5.13. The van der Waals surface area contributed by atoms with Crippen LogP contribution in [0.5, 0.6) is 0 Å². The molecule has 0 aliphatic carbocycles. The summed E-state index contributed by atoms with van der Waals surface area (Å²) >= 11 is 0. The van der Waals surface area contributed by atoms with Crippen molar-refractivity contribution in [1.82, 2.24) is 0 Å². The third-order valence-corrected chi connectivity index (χ3v) is 2.63. The van der Waals surface area contributed by atoms with Gasteiger partial charge in [0.15, 0.2) is 0 Å². The third-order valence-electron chi connectivity index (χ3n) is 2.63. The Balaban J connectivity index is 5.20. The summed E-state index contributed by atoms with van der Waals surface area (Å²) in [5.74, 6) is 0. The van der Waals surface area contributed by atoms with Crippen LogP contribution in [0, 0.1) is 5.41 Å². The van der Waals surface area contributed by atoms with Gasteiger partial charge in [-0.3, -0.25) is 0 Å². The highest BCUT2D eigenvalue weighted by molar-refractivity contribution is 5.38. The molecule has 0 bridgehead atoms. The van der Waals surface area contributed by atoms with E-state index in [9.17, 15) is 0 Å². The lowest BCUT2D eigenvalue weighted by Gasteiger charge is -2.28. The van der Waals surface area contributed by atoms with Gasteiger partial charge in [-0.25, -0.2) is 0 Å². The molecule has 0 aromatic rings. The van der Waals surface area contributed by atoms with E-state index in [2.05, 4.69) is 58.6 Å². The molecule has 0 radical (unpaired) electrons. The van der Waals surface area contributed by atoms with Crippen LogP contribution in [0.25, 0.3) is 0 Å². The molecular formula is C14H22. The zero-order chi connectivity index (χ0) is 11.2. The van der Waals surface area contributed by atoms with E-state index in [0.29, 0.717) is 0 Å². The molecule has 0 aromatic carbocycles. The van der Waals surface area contributed by atoms with Crippen molar-refractivity contribution in [2.24, 2.45) is 5.41 Å². The highest BCUT2D eigenvalue weighted by atomic mass is 14.3. The monoisotopic (exact) mass is 190 g/mol. The molecule has 0 aromatic heterocycles. The number of rotatable bonds is 4. The smallest absolute Gasteiger partial charge is 0.0139 e. The van der Waals surface area contributed by atoms with Crippen LogP contribution in [-0.4, -0.2) is 0 Å². The predicted molar refractivity (Wildman–Crippen MR) is 66.3 cm³/mol. The maximum absolute atomic E-state index is 3.86. The minimum atomic E-state index is 0.0533. The third kappa shape index (κ3) is 2.73. The lowest BCUT2D eigenvalue weighted by Crippen LogP contribution is -2.15. The summed E-state index contributed by atoms with van der Waals surface area (Å²) in [4.78, 5) is 0. The van der Waals surface area contributed by atoms with Gasteiger partial charge in [0.25, 0.3) is 0 Å². The van der Waals surface area contributed by atoms with Crippen LogP contribution >= 0.6 is 0 Å². The minimum Gasteiger partial charge on any atom is -0.0988 e. The number of hydrogen-bond donors (Lipinski definition) is 0. The van der Waals surface area contributed by atoms with Gasteiger partial charge < -0.3 is 0 Å². The molecule has 0 N–H and O–H groups in total. The second-order valence-corrected chi connectivity index (χ2v) is 3.82. The molecule has 0 aliphatic rings. The van der Waals surface area contributed by atoms with E-state index in [1.807, 2.05) is 13.0 Å². The van der Waals surface area contributed by atoms with Crippen molar-refractivity contribution in [2.45, 2.75) is 34.6 Å². The molecule has 0 nitrogen and oxygen atoms in total. The van der Waals surface area contributed by atoms with Gasteiger partial charge >= 0.3 is 0 Å². The fourth-order valence-corrected chi connectivity index (χ4v) is 1.75. The molecule has 0 saturated heterocycles. The van der Waals surface area contributed by atoms with Gasteiger partial charge in [-0.1, -0.05) is 50.8 Å². The van der Waals surface area contributed by atoms with Crippen LogP contribution in [0.2, 0.25) is 0 Å². The Morgan fingerprint density at radius 1 is 1.00 bits per heavy atom. The van der Waals surface area contributed by atoms with E-state index < -0.39 is 0 Å². The molecule has 0 aliphatic heterocycles. The first-order valence-corrected chi connectivity index (χ1v) is 5.13. The molecule has 0 unspecified atom stereocenters. The molecule has 0 saturated carbocycles. The normalized spacial score (nSPS) is 14.9. The van der Waals surface area contributed by atoms with Crippen molar-refractivity contribution in [3.63, 3.8) is 0 Å². The summed E-state index contributed by atoms with van der Waals surface area (Å²) in [5.41, 5.74) is 2.65. The molecule has 0 fully saturated rings. The minimum absolute atomic E-state index is 0.0533. The molecule has 0 rings (SSSR count). The lowest BCUT2D eigenvalue weighted by molar-refractivity contribution is 0.564. The van der Waals surface area contributed by atoms with E-state index in [0.717, 1.165) is 0 Å². The molecule has 0 atom stereocenters. The Hall–Kier alpha value is -1.04. The first kappa shape index (κ1) is 13.0. The molecule has 0 heteroatoms. The van der Waals surface area contributed by atoms with Crippen LogP contribution in [0.4, 0.5) is 0 Å². The van der Waals surface area contributed by atoms with Crippen LogP contribution in [0.15, 0.2) is 48.1 Å². The summed E-state index contributed by atoms with van der Waals surface area (Å²) in [6, 6.07) is 0. The Labute approximate surface area is 88.7 Å². The Morgan fingerprint density at radius 3 is 1.79 bits per heavy atom. The average molecular weight is 190 g/mol. The van der Waals surface area contributed by atoms with E-state index in [4.69, 9.17) is 0 Å². The Bertz CT molecular complexity index is 272. The van der Waals surface area contributed by atoms with E-state index in [1.54, 1.807) is 0 Å². The van der Waals surface area contributed by atoms with E-state index >= 15 is 0 Å². The van der Waals surface area contributed by atoms with Crippen molar-refractivity contribution in [2.75, 3.05) is 0 Å². The fourth-order valence-electron chi connectivity index (χ4n) is 1.75. The van der Waals surface area contributed by atoms with Crippen molar-refractivity contribution >= 4 is 0 Å². The molecule has 0 amide bonds. The lowest BCUT2D eigenvalue weighted by atomic mass is 9.76. The van der Waals surface area contributed by atoms with Gasteiger partial charge in [-0.05, 0) is 31.9 Å².